The summed E-state index contributed by atoms with van der Waals surface area (Å²) in [5, 5.41) is 7.51. The van der Waals surface area contributed by atoms with Crippen molar-refractivity contribution in [1.82, 2.24) is 4.98 Å². The molecular weight excluding hydrogens is 665 g/mol. The Morgan fingerprint density at radius 1 is 0.327 bits per heavy atom. The van der Waals surface area contributed by atoms with Crippen LogP contribution in [-0.4, -0.2) is 4.98 Å². The number of hydrogen-bond acceptors (Lipinski definition) is 2. The number of fused-ring (bicyclic) bond motifs is 5. The van der Waals surface area contributed by atoms with Gasteiger partial charge in [0.15, 0.2) is 0 Å². The zero-order valence-corrected chi connectivity index (χ0v) is 30.0. The number of hydrogen-bond donors (Lipinski definition) is 0. The van der Waals surface area contributed by atoms with Crippen LogP contribution in [0.15, 0.2) is 206 Å². The van der Waals surface area contributed by atoms with Crippen LogP contribution in [0.1, 0.15) is 0 Å². The summed E-state index contributed by atoms with van der Waals surface area (Å²) in [6.07, 6.45) is 1.86. The molecule has 55 heavy (non-hydrogen) atoms. The number of nitrogens with zero attached hydrogens (tertiary/aromatic N) is 2. The molecule has 0 bridgehead atoms. The molecule has 9 aromatic carbocycles. The Bertz CT molecular complexity index is 2960. The summed E-state index contributed by atoms with van der Waals surface area (Å²) in [5.41, 5.74) is 14.8. The second kappa shape index (κ2) is 12.7. The average Bonchev–Trinajstić information content (AvgIpc) is 3.59. The monoisotopic (exact) mass is 698 g/mol. The van der Waals surface area contributed by atoms with Crippen LogP contribution < -0.4 is 4.90 Å². The van der Waals surface area contributed by atoms with Gasteiger partial charge >= 0.3 is 0 Å². The van der Waals surface area contributed by atoms with Crippen LogP contribution in [0, 0.1) is 0 Å². The van der Waals surface area contributed by atoms with Crippen molar-refractivity contribution in [3.63, 3.8) is 0 Å². The van der Waals surface area contributed by atoms with Crippen LogP contribution in [0.3, 0.4) is 0 Å². The molecule has 0 saturated carbocycles. The highest BCUT2D eigenvalue weighted by molar-refractivity contribution is 6.28. The van der Waals surface area contributed by atoms with Gasteiger partial charge in [-0.2, -0.15) is 0 Å². The first-order valence-corrected chi connectivity index (χ1v) is 18.9. The molecule has 0 atom stereocenters. The van der Waals surface area contributed by atoms with Crippen molar-refractivity contribution in [3.8, 4) is 55.6 Å². The highest BCUT2D eigenvalue weighted by Gasteiger charge is 2.31. The fraction of sp³-hybridized carbons (Fsp3) is 0. The lowest BCUT2D eigenvalue weighted by molar-refractivity contribution is 1.19. The van der Waals surface area contributed by atoms with Crippen molar-refractivity contribution in [2.45, 2.75) is 0 Å². The Morgan fingerprint density at radius 2 is 0.873 bits per heavy atom. The van der Waals surface area contributed by atoms with Gasteiger partial charge in [-0.25, -0.2) is 4.98 Å². The first-order valence-electron chi connectivity index (χ1n) is 18.9. The summed E-state index contributed by atoms with van der Waals surface area (Å²) in [7, 11) is 0. The molecule has 0 fully saturated rings. The molecule has 1 aliphatic carbocycles. The van der Waals surface area contributed by atoms with E-state index in [4.69, 9.17) is 4.98 Å². The third-order valence-electron chi connectivity index (χ3n) is 11.2. The summed E-state index contributed by atoms with van der Waals surface area (Å²) >= 11 is 0. The number of anilines is 3. The van der Waals surface area contributed by atoms with Crippen molar-refractivity contribution >= 4 is 49.5 Å². The van der Waals surface area contributed by atoms with E-state index < -0.39 is 0 Å². The van der Waals surface area contributed by atoms with E-state index in [0.29, 0.717) is 0 Å². The summed E-state index contributed by atoms with van der Waals surface area (Å²) in [5.74, 6) is 0.880. The van der Waals surface area contributed by atoms with Gasteiger partial charge in [0.1, 0.15) is 5.82 Å². The van der Waals surface area contributed by atoms with Crippen LogP contribution in [0.4, 0.5) is 17.2 Å². The van der Waals surface area contributed by atoms with Crippen molar-refractivity contribution in [2.24, 2.45) is 0 Å². The molecule has 0 aliphatic heterocycles. The second-order valence-electron chi connectivity index (χ2n) is 14.2. The summed E-state index contributed by atoms with van der Waals surface area (Å²) < 4.78 is 0. The van der Waals surface area contributed by atoms with E-state index in [1.807, 2.05) is 12.3 Å². The Labute approximate surface area is 320 Å². The Morgan fingerprint density at radius 3 is 1.55 bits per heavy atom. The standard InChI is InChI=1S/C53H34N2/c1-3-16-37(17-4-1)49-43-22-9-10-23-44(43)50(38-18-5-2-6-19-38)53-46-33-32-40(42-24-14-25-45(51(42)46)52(49)53)36-28-30-39(31-29-36)55(48-27-11-12-34-54-48)47-26-13-20-35-15-7-8-21-41(35)47/h1-34H. The number of pyridine rings is 1. The smallest absolute Gasteiger partial charge is 0.137 e. The normalized spacial score (nSPS) is 11.6. The van der Waals surface area contributed by atoms with Crippen LogP contribution in [0.2, 0.25) is 0 Å². The lowest BCUT2D eigenvalue weighted by atomic mass is 9.82. The van der Waals surface area contributed by atoms with Crippen molar-refractivity contribution in [2.75, 3.05) is 4.90 Å². The number of benzene rings is 9. The van der Waals surface area contributed by atoms with Crippen molar-refractivity contribution in [3.05, 3.63) is 206 Å². The highest BCUT2D eigenvalue weighted by Crippen LogP contribution is 2.58. The largest absolute Gasteiger partial charge is 0.294 e. The van der Waals surface area contributed by atoms with Gasteiger partial charge in [-0.3, -0.25) is 4.90 Å². The first kappa shape index (κ1) is 31.3. The lowest BCUT2D eigenvalue weighted by Gasteiger charge is -2.26. The Hall–Kier alpha value is -7.29. The molecular formula is C53H34N2. The summed E-state index contributed by atoms with van der Waals surface area (Å²) in [4.78, 5) is 7.07. The quantitative estimate of drug-likeness (QED) is 0.172. The topological polar surface area (TPSA) is 16.1 Å². The second-order valence-corrected chi connectivity index (χ2v) is 14.2. The van der Waals surface area contributed by atoms with E-state index in [9.17, 15) is 0 Å². The van der Waals surface area contributed by atoms with Crippen LogP contribution in [0.5, 0.6) is 0 Å². The van der Waals surface area contributed by atoms with E-state index in [1.54, 1.807) is 0 Å². The molecule has 1 aromatic heterocycles. The van der Waals surface area contributed by atoms with E-state index in [-0.39, 0.29) is 0 Å². The third kappa shape index (κ3) is 4.92. The average molecular weight is 699 g/mol. The molecule has 2 nitrogen and oxygen atoms in total. The van der Waals surface area contributed by atoms with Crippen LogP contribution >= 0.6 is 0 Å². The molecule has 2 heteroatoms. The minimum absolute atomic E-state index is 0.880. The van der Waals surface area contributed by atoms with Gasteiger partial charge in [0.2, 0.25) is 0 Å². The van der Waals surface area contributed by atoms with Gasteiger partial charge in [-0.15, -0.1) is 0 Å². The van der Waals surface area contributed by atoms with Gasteiger partial charge < -0.3 is 0 Å². The molecule has 0 N–H and O–H groups in total. The molecule has 0 unspecified atom stereocenters. The third-order valence-corrected chi connectivity index (χ3v) is 11.2. The van der Waals surface area contributed by atoms with Gasteiger partial charge in [0.25, 0.3) is 0 Å². The first-order chi connectivity index (χ1) is 27.3. The zero-order valence-electron chi connectivity index (χ0n) is 30.0. The van der Waals surface area contributed by atoms with E-state index in [2.05, 4.69) is 199 Å². The highest BCUT2D eigenvalue weighted by atomic mass is 15.2. The minimum atomic E-state index is 0.880. The van der Waals surface area contributed by atoms with Crippen molar-refractivity contribution < 1.29 is 0 Å². The Kier molecular flexibility index (Phi) is 7.21. The van der Waals surface area contributed by atoms with Gasteiger partial charge in [-0.05, 0) is 113 Å². The van der Waals surface area contributed by atoms with Gasteiger partial charge in [-0.1, -0.05) is 170 Å². The summed E-state index contributed by atoms with van der Waals surface area (Å²) in [6.45, 7) is 0. The fourth-order valence-corrected chi connectivity index (χ4v) is 8.94. The molecule has 1 aliphatic rings. The van der Waals surface area contributed by atoms with Gasteiger partial charge in [0, 0.05) is 17.3 Å². The van der Waals surface area contributed by atoms with Crippen LogP contribution in [0.25, 0.3) is 88.0 Å². The van der Waals surface area contributed by atoms with E-state index >= 15 is 0 Å². The lowest BCUT2D eigenvalue weighted by Crippen LogP contribution is -2.11. The van der Waals surface area contributed by atoms with Crippen molar-refractivity contribution in [1.29, 1.82) is 0 Å². The molecule has 0 amide bonds. The summed E-state index contributed by atoms with van der Waals surface area (Å²) in [6, 6.07) is 72.5. The maximum absolute atomic E-state index is 4.81. The minimum Gasteiger partial charge on any atom is -0.294 e. The van der Waals surface area contributed by atoms with Crippen LogP contribution in [-0.2, 0) is 0 Å². The van der Waals surface area contributed by atoms with Gasteiger partial charge in [0.05, 0.1) is 5.69 Å². The molecule has 0 radical (unpaired) electrons. The SMILES string of the molecule is c1ccc(-c2c3c(c(-c4ccccc4)c4ccccc24)-c2ccc(-c4ccc(N(c5ccccn5)c5cccc6ccccc56)cc4)c4cccc-3c24)cc1. The predicted octanol–water partition coefficient (Wildman–Crippen LogP) is 14.7. The molecule has 1 heterocycles. The molecule has 0 saturated heterocycles. The molecule has 0 spiro atoms. The van der Waals surface area contributed by atoms with E-state index in [0.717, 1.165) is 17.2 Å². The molecule has 10 aromatic rings. The molecule has 256 valence electrons. The molecule has 11 rings (SSSR count). The number of rotatable bonds is 6. The fourth-order valence-electron chi connectivity index (χ4n) is 8.94. The Balaban J connectivity index is 1.12. The maximum atomic E-state index is 4.81. The maximum Gasteiger partial charge on any atom is 0.137 e. The predicted molar refractivity (Wildman–Crippen MR) is 232 cm³/mol. The number of aromatic nitrogens is 1. The zero-order chi connectivity index (χ0) is 36.3. The van der Waals surface area contributed by atoms with E-state index in [1.165, 1.54) is 88.0 Å².